The summed E-state index contributed by atoms with van der Waals surface area (Å²) in [4.78, 5) is 23.9. The predicted molar refractivity (Wildman–Crippen MR) is 151 cm³/mol. The summed E-state index contributed by atoms with van der Waals surface area (Å²) in [5, 5.41) is 4.23. The molecule has 3 aromatic rings. The molecule has 2 aromatic carbocycles. The highest BCUT2D eigenvalue weighted by molar-refractivity contribution is 5.91. The van der Waals surface area contributed by atoms with Gasteiger partial charge in [0.2, 0.25) is 5.91 Å². The molecular weight excluding hydrogens is 516 g/mol. The molecule has 0 unspecified atom stereocenters. The van der Waals surface area contributed by atoms with Crippen LogP contribution >= 0.6 is 0 Å². The number of nitrogen functional groups attached to an aromatic ring is 1. The number of alkyl halides is 2. The summed E-state index contributed by atoms with van der Waals surface area (Å²) in [7, 11) is 2.90. The Hall–Kier alpha value is -3.53. The van der Waals surface area contributed by atoms with Gasteiger partial charge < -0.3 is 25.4 Å². The van der Waals surface area contributed by atoms with Crippen molar-refractivity contribution in [2.24, 2.45) is 5.92 Å². The van der Waals surface area contributed by atoms with Gasteiger partial charge in [-0.15, -0.1) is 0 Å². The first-order valence-corrected chi connectivity index (χ1v) is 13.8. The number of methoxy groups -OCH3 is 2. The number of benzene rings is 2. The maximum absolute atomic E-state index is 14.6. The van der Waals surface area contributed by atoms with Crippen LogP contribution in [0.15, 0.2) is 30.3 Å². The third kappa shape index (κ3) is 5.82. The maximum atomic E-state index is 14.6. The van der Waals surface area contributed by atoms with Crippen LogP contribution in [-0.2, 0) is 15.5 Å². The zero-order chi connectivity index (χ0) is 28.6. The monoisotopic (exact) mass is 553 g/mol. The summed E-state index contributed by atoms with van der Waals surface area (Å²) in [6.45, 7) is 4.43. The van der Waals surface area contributed by atoms with E-state index in [2.05, 4.69) is 21.4 Å². The SMILES string of the molecule is COCC(F)(F)c1cc(N)cc([C@@H](C)Nc2nc(C)nc3cc(OC)c(C4CCN(C(=O)C5CC5)CC4)cc23)c1. The van der Waals surface area contributed by atoms with Crippen molar-refractivity contribution in [3.8, 4) is 5.75 Å². The minimum atomic E-state index is -3.17. The summed E-state index contributed by atoms with van der Waals surface area (Å²) in [6.07, 6.45) is 3.73. The Kier molecular flexibility index (Phi) is 7.81. The molecule has 0 bridgehead atoms. The molecule has 8 nitrogen and oxygen atoms in total. The van der Waals surface area contributed by atoms with Crippen molar-refractivity contribution in [2.75, 3.05) is 45.0 Å². The molecule has 1 saturated heterocycles. The molecule has 1 aliphatic heterocycles. The Labute approximate surface area is 233 Å². The van der Waals surface area contributed by atoms with Crippen LogP contribution in [0.3, 0.4) is 0 Å². The number of nitrogens with two attached hydrogens (primary N) is 1. The van der Waals surface area contributed by atoms with Crippen molar-refractivity contribution in [3.05, 3.63) is 52.8 Å². The molecule has 2 fully saturated rings. The van der Waals surface area contributed by atoms with Gasteiger partial charge in [0.25, 0.3) is 5.92 Å². The quantitative estimate of drug-likeness (QED) is 0.335. The highest BCUT2D eigenvalue weighted by Crippen LogP contribution is 2.40. The Morgan fingerprint density at radius 3 is 2.50 bits per heavy atom. The van der Waals surface area contributed by atoms with Crippen LogP contribution in [0.5, 0.6) is 5.75 Å². The normalized spacial score (nSPS) is 17.2. The number of hydrogen-bond acceptors (Lipinski definition) is 7. The molecule has 1 aliphatic carbocycles. The molecule has 214 valence electrons. The number of carbonyl (C=O) groups excluding carboxylic acids is 1. The summed E-state index contributed by atoms with van der Waals surface area (Å²) >= 11 is 0. The fourth-order valence-electron chi connectivity index (χ4n) is 5.59. The number of ether oxygens (including phenoxy) is 2. The molecular formula is C30H37F2N5O3. The molecule has 0 radical (unpaired) electrons. The lowest BCUT2D eigenvalue weighted by Gasteiger charge is -2.33. The van der Waals surface area contributed by atoms with Gasteiger partial charge in [-0.3, -0.25) is 4.79 Å². The number of aryl methyl sites for hydroxylation is 1. The Balaban J connectivity index is 1.44. The van der Waals surface area contributed by atoms with Crippen LogP contribution in [0.4, 0.5) is 20.3 Å². The zero-order valence-corrected chi connectivity index (χ0v) is 23.5. The number of nitrogens with one attached hydrogen (secondary N) is 1. The van der Waals surface area contributed by atoms with Crippen molar-refractivity contribution in [1.29, 1.82) is 0 Å². The van der Waals surface area contributed by atoms with Gasteiger partial charge in [0, 0.05) is 48.8 Å². The lowest BCUT2D eigenvalue weighted by atomic mass is 9.87. The van der Waals surface area contributed by atoms with E-state index < -0.39 is 12.5 Å². The predicted octanol–water partition coefficient (Wildman–Crippen LogP) is 5.56. The average Bonchev–Trinajstić information content (AvgIpc) is 3.77. The second-order valence-corrected chi connectivity index (χ2v) is 11.0. The topological polar surface area (TPSA) is 103 Å². The number of nitrogens with zero attached hydrogens (tertiary/aromatic N) is 3. The number of anilines is 2. The number of rotatable bonds is 9. The van der Waals surface area contributed by atoms with Gasteiger partial charge in [-0.25, -0.2) is 9.97 Å². The summed E-state index contributed by atoms with van der Waals surface area (Å²) in [5.74, 6) is -0.480. The molecule has 1 aromatic heterocycles. The number of likely N-dealkylation sites (tertiary alicyclic amines) is 1. The third-order valence-corrected chi connectivity index (χ3v) is 7.91. The first-order chi connectivity index (χ1) is 19.1. The van der Waals surface area contributed by atoms with Gasteiger partial charge in [-0.1, -0.05) is 0 Å². The van der Waals surface area contributed by atoms with Gasteiger partial charge in [-0.05, 0) is 80.8 Å². The standard InChI is InChI=1S/C30H37F2N5O3/c1-17(21-11-22(13-23(33)12-21)30(31,32)16-39-3)34-28-25-14-24(27(40-4)15-26(25)35-18(2)36-28)19-7-9-37(10-8-19)29(38)20-5-6-20/h11-15,17,19-20H,5-10,16,33H2,1-4H3,(H,34,35,36)/t17-/m1/s1. The minimum Gasteiger partial charge on any atom is -0.496 e. The number of amides is 1. The van der Waals surface area contributed by atoms with E-state index in [1.165, 1.54) is 19.2 Å². The van der Waals surface area contributed by atoms with Gasteiger partial charge in [0.05, 0.1) is 18.7 Å². The molecule has 1 saturated carbocycles. The van der Waals surface area contributed by atoms with Crippen molar-refractivity contribution < 1.29 is 23.0 Å². The fraction of sp³-hybridized carbons (Fsp3) is 0.500. The number of carbonyl (C=O) groups is 1. The van der Waals surface area contributed by atoms with Crippen molar-refractivity contribution in [1.82, 2.24) is 14.9 Å². The van der Waals surface area contributed by atoms with Crippen LogP contribution in [0, 0.1) is 12.8 Å². The van der Waals surface area contributed by atoms with Crippen LogP contribution in [-0.4, -0.2) is 54.7 Å². The first-order valence-electron chi connectivity index (χ1n) is 13.8. The summed E-state index contributed by atoms with van der Waals surface area (Å²) < 4.78 is 39.7. The number of fused-ring (bicyclic) bond motifs is 1. The van der Waals surface area contributed by atoms with Gasteiger partial charge >= 0.3 is 0 Å². The van der Waals surface area contributed by atoms with E-state index in [9.17, 15) is 13.6 Å². The molecule has 0 spiro atoms. The van der Waals surface area contributed by atoms with Crippen LogP contribution < -0.4 is 15.8 Å². The van der Waals surface area contributed by atoms with Crippen LogP contribution in [0.2, 0.25) is 0 Å². The van der Waals surface area contributed by atoms with Crippen LogP contribution in [0.25, 0.3) is 10.9 Å². The Morgan fingerprint density at radius 2 is 1.85 bits per heavy atom. The van der Waals surface area contributed by atoms with E-state index in [0.717, 1.165) is 61.0 Å². The largest absolute Gasteiger partial charge is 0.496 e. The van der Waals surface area contributed by atoms with E-state index >= 15 is 0 Å². The molecule has 3 N–H and O–H groups in total. The minimum absolute atomic E-state index is 0.194. The second-order valence-electron chi connectivity index (χ2n) is 11.0. The lowest BCUT2D eigenvalue weighted by Crippen LogP contribution is -2.38. The Morgan fingerprint density at radius 1 is 1.12 bits per heavy atom. The number of hydrogen-bond donors (Lipinski definition) is 2. The van der Waals surface area contributed by atoms with Gasteiger partial charge in [-0.2, -0.15) is 8.78 Å². The third-order valence-electron chi connectivity index (χ3n) is 7.91. The average molecular weight is 554 g/mol. The number of piperidine rings is 1. The van der Waals surface area contributed by atoms with E-state index in [4.69, 9.17) is 15.2 Å². The van der Waals surface area contributed by atoms with E-state index in [1.807, 2.05) is 24.8 Å². The van der Waals surface area contributed by atoms with E-state index in [-0.39, 0.29) is 35.0 Å². The Bertz CT molecular complexity index is 1400. The first kappa shape index (κ1) is 28.0. The van der Waals surface area contributed by atoms with Crippen molar-refractivity contribution in [3.63, 3.8) is 0 Å². The fourth-order valence-corrected chi connectivity index (χ4v) is 5.59. The highest BCUT2D eigenvalue weighted by Gasteiger charge is 2.36. The highest BCUT2D eigenvalue weighted by atomic mass is 19.3. The van der Waals surface area contributed by atoms with Gasteiger partial charge in [0.15, 0.2) is 0 Å². The number of aromatic nitrogens is 2. The van der Waals surface area contributed by atoms with E-state index in [0.29, 0.717) is 17.2 Å². The van der Waals surface area contributed by atoms with Crippen molar-refractivity contribution in [2.45, 2.75) is 57.4 Å². The lowest BCUT2D eigenvalue weighted by molar-refractivity contribution is -0.133. The maximum Gasteiger partial charge on any atom is 0.296 e. The second kappa shape index (κ2) is 11.2. The molecule has 2 aliphatic rings. The van der Waals surface area contributed by atoms with E-state index in [1.54, 1.807) is 13.2 Å². The molecule has 1 amide bonds. The van der Waals surface area contributed by atoms with Crippen LogP contribution in [0.1, 0.15) is 67.1 Å². The molecule has 2 heterocycles. The van der Waals surface area contributed by atoms with Crippen molar-refractivity contribution >= 4 is 28.3 Å². The number of halogens is 2. The molecule has 10 heteroatoms. The van der Waals surface area contributed by atoms with Gasteiger partial charge in [0.1, 0.15) is 24.0 Å². The molecule has 5 rings (SSSR count). The summed E-state index contributed by atoms with van der Waals surface area (Å²) in [6, 6.07) is 8.05. The molecule has 1 atom stereocenters. The summed E-state index contributed by atoms with van der Waals surface area (Å²) in [5.41, 5.74) is 8.46. The smallest absolute Gasteiger partial charge is 0.296 e. The zero-order valence-electron chi connectivity index (χ0n) is 23.5. The molecule has 40 heavy (non-hydrogen) atoms.